The molecule has 0 saturated heterocycles. The molecular weight excluding hydrogens is 578 g/mol. The summed E-state index contributed by atoms with van der Waals surface area (Å²) in [4.78, 5) is 16.2. The molecule has 1 fully saturated rings. The van der Waals surface area contributed by atoms with Gasteiger partial charge < -0.3 is 15.5 Å². The van der Waals surface area contributed by atoms with Crippen molar-refractivity contribution in [1.29, 1.82) is 0 Å². The molecule has 4 N–H and O–H groups in total. The number of H-pyrrole nitrogens is 1. The highest BCUT2D eigenvalue weighted by atomic mass is 32.2. The molecule has 9 nitrogen and oxygen atoms in total. The molecule has 14 heteroatoms. The molecule has 0 bridgehead atoms. The van der Waals surface area contributed by atoms with E-state index < -0.39 is 50.1 Å². The Morgan fingerprint density at radius 1 is 1.05 bits per heavy atom. The highest BCUT2D eigenvalue weighted by Crippen LogP contribution is 2.34. The summed E-state index contributed by atoms with van der Waals surface area (Å²) in [7, 11) is -3.71. The number of fused-ring (bicyclic) bond motifs is 1. The van der Waals surface area contributed by atoms with Gasteiger partial charge in [-0.15, -0.1) is 0 Å². The van der Waals surface area contributed by atoms with Crippen molar-refractivity contribution < 1.29 is 35.5 Å². The van der Waals surface area contributed by atoms with Crippen molar-refractivity contribution in [3.63, 3.8) is 0 Å². The number of ether oxygens (including phenoxy) is 1. The predicted octanol–water partition coefficient (Wildman–Crippen LogP) is 5.73. The number of rotatable bonds is 8. The molecule has 0 spiro atoms. The molecule has 6 rings (SSSR count). The van der Waals surface area contributed by atoms with Gasteiger partial charge in [-0.25, -0.2) is 30.7 Å². The fraction of sp³-hybridized carbons (Fsp3) is 0.143. The number of halogens is 4. The number of anilines is 2. The fourth-order valence-corrected chi connectivity index (χ4v) is 5.93. The SMILES string of the molecule is Cc1cc(Oc2cc(F)ccc2F)cc(F)c1-n1ncc(C(=O)c2cc3cc(F)c(NS(=O)(=O)C4CC4)cc3[nH]2)c1N. The molecule has 0 amide bonds. The van der Waals surface area contributed by atoms with E-state index in [1.54, 1.807) is 0 Å². The molecule has 1 aliphatic carbocycles. The van der Waals surface area contributed by atoms with E-state index in [4.69, 9.17) is 10.5 Å². The first-order valence-electron chi connectivity index (χ1n) is 12.6. The number of carbonyl (C=O) groups excluding carboxylic acids is 1. The highest BCUT2D eigenvalue weighted by Gasteiger charge is 2.36. The van der Waals surface area contributed by atoms with Gasteiger partial charge >= 0.3 is 0 Å². The number of hydrogen-bond acceptors (Lipinski definition) is 6. The summed E-state index contributed by atoms with van der Waals surface area (Å²) >= 11 is 0. The van der Waals surface area contributed by atoms with E-state index in [1.165, 1.54) is 25.1 Å². The Balaban J connectivity index is 1.29. The van der Waals surface area contributed by atoms with E-state index in [-0.39, 0.29) is 39.8 Å². The minimum Gasteiger partial charge on any atom is -0.454 e. The zero-order chi connectivity index (χ0) is 29.9. The second-order valence-electron chi connectivity index (χ2n) is 9.88. The van der Waals surface area contributed by atoms with E-state index in [1.807, 2.05) is 0 Å². The van der Waals surface area contributed by atoms with Crippen molar-refractivity contribution in [2.45, 2.75) is 25.0 Å². The molecule has 2 heterocycles. The van der Waals surface area contributed by atoms with Crippen LogP contribution in [0.15, 0.2) is 54.7 Å². The van der Waals surface area contributed by atoms with Crippen LogP contribution < -0.4 is 15.2 Å². The van der Waals surface area contributed by atoms with E-state index in [0.717, 1.165) is 41.2 Å². The van der Waals surface area contributed by atoms with Gasteiger partial charge in [0, 0.05) is 23.0 Å². The molecule has 2 aromatic heterocycles. The Morgan fingerprint density at radius 3 is 2.52 bits per heavy atom. The fourth-order valence-electron chi connectivity index (χ4n) is 4.54. The van der Waals surface area contributed by atoms with Gasteiger partial charge in [0.1, 0.15) is 28.9 Å². The second-order valence-corrected chi connectivity index (χ2v) is 11.8. The molecule has 1 aliphatic rings. The molecule has 42 heavy (non-hydrogen) atoms. The van der Waals surface area contributed by atoms with Gasteiger partial charge in [0.25, 0.3) is 0 Å². The number of ketones is 1. The number of aryl methyl sites for hydroxylation is 1. The minimum atomic E-state index is -3.71. The van der Waals surface area contributed by atoms with Gasteiger partial charge in [0.05, 0.1) is 28.4 Å². The smallest absolute Gasteiger partial charge is 0.235 e. The largest absolute Gasteiger partial charge is 0.454 e. The molecule has 0 atom stereocenters. The third kappa shape index (κ3) is 4.93. The number of aromatic nitrogens is 3. The Kier molecular flexibility index (Phi) is 6.44. The van der Waals surface area contributed by atoms with Crippen molar-refractivity contribution >= 4 is 38.2 Å². The van der Waals surface area contributed by atoms with Crippen LogP contribution in [0.2, 0.25) is 0 Å². The quantitative estimate of drug-likeness (QED) is 0.154. The molecule has 0 unspecified atom stereocenters. The summed E-state index contributed by atoms with van der Waals surface area (Å²) in [5.41, 5.74) is 6.32. The number of nitrogens with zero attached hydrogens (tertiary/aromatic N) is 2. The van der Waals surface area contributed by atoms with Crippen LogP contribution in [0.3, 0.4) is 0 Å². The van der Waals surface area contributed by atoms with Gasteiger partial charge in [-0.05, 0) is 61.7 Å². The lowest BCUT2D eigenvalue weighted by Gasteiger charge is -2.13. The number of nitrogens with two attached hydrogens (primary N) is 1. The van der Waals surface area contributed by atoms with Crippen LogP contribution in [0.25, 0.3) is 16.6 Å². The maximum absolute atomic E-state index is 15.2. The lowest BCUT2D eigenvalue weighted by atomic mass is 10.1. The van der Waals surface area contributed by atoms with E-state index in [2.05, 4.69) is 14.8 Å². The molecule has 1 saturated carbocycles. The first-order valence-corrected chi connectivity index (χ1v) is 14.1. The lowest BCUT2D eigenvalue weighted by Crippen LogP contribution is -2.18. The summed E-state index contributed by atoms with van der Waals surface area (Å²) in [6, 6.07) is 8.66. The maximum Gasteiger partial charge on any atom is 0.235 e. The zero-order valence-corrected chi connectivity index (χ0v) is 22.5. The first kappa shape index (κ1) is 27.3. The van der Waals surface area contributed by atoms with Crippen LogP contribution in [0.5, 0.6) is 11.5 Å². The second kappa shape index (κ2) is 9.91. The third-order valence-corrected chi connectivity index (χ3v) is 8.63. The summed E-state index contributed by atoms with van der Waals surface area (Å²) in [6.07, 6.45) is 2.15. The van der Waals surface area contributed by atoms with Gasteiger partial charge in [-0.1, -0.05) is 0 Å². The minimum absolute atomic E-state index is 0.0101. The maximum atomic E-state index is 15.2. The van der Waals surface area contributed by atoms with Crippen LogP contribution in [0.4, 0.5) is 29.1 Å². The van der Waals surface area contributed by atoms with Crippen molar-refractivity contribution in [2.75, 3.05) is 10.5 Å². The number of hydrogen-bond donors (Lipinski definition) is 3. The van der Waals surface area contributed by atoms with Crippen molar-refractivity contribution in [2.24, 2.45) is 0 Å². The molecule has 216 valence electrons. The Bertz CT molecular complexity index is 2000. The van der Waals surface area contributed by atoms with Crippen LogP contribution in [0.1, 0.15) is 34.5 Å². The molecule has 3 aromatic carbocycles. The number of aromatic amines is 1. The van der Waals surface area contributed by atoms with Crippen molar-refractivity contribution in [1.82, 2.24) is 14.8 Å². The van der Waals surface area contributed by atoms with Gasteiger partial charge in [-0.3, -0.25) is 9.52 Å². The number of carbonyl (C=O) groups is 1. The van der Waals surface area contributed by atoms with Crippen LogP contribution >= 0.6 is 0 Å². The zero-order valence-electron chi connectivity index (χ0n) is 21.7. The lowest BCUT2D eigenvalue weighted by molar-refractivity contribution is 0.103. The Hall–Kier alpha value is -4.85. The predicted molar refractivity (Wildman–Crippen MR) is 146 cm³/mol. The number of sulfonamides is 1. The summed E-state index contributed by atoms with van der Waals surface area (Å²) in [5, 5.41) is 3.82. The summed E-state index contributed by atoms with van der Waals surface area (Å²) in [6.45, 7) is 1.51. The van der Waals surface area contributed by atoms with E-state index >= 15 is 4.39 Å². The summed E-state index contributed by atoms with van der Waals surface area (Å²) in [5.74, 6) is -4.62. The van der Waals surface area contributed by atoms with E-state index in [0.29, 0.717) is 23.7 Å². The molecular formula is C28H21F4N5O4S. The normalized spacial score (nSPS) is 13.5. The van der Waals surface area contributed by atoms with Gasteiger partial charge in [0.2, 0.25) is 15.8 Å². The van der Waals surface area contributed by atoms with Gasteiger partial charge in [-0.2, -0.15) is 5.10 Å². The van der Waals surface area contributed by atoms with Gasteiger partial charge in [0.15, 0.2) is 17.4 Å². The van der Waals surface area contributed by atoms with Crippen LogP contribution in [-0.4, -0.2) is 34.2 Å². The van der Waals surface area contributed by atoms with Crippen LogP contribution in [0, 0.1) is 30.2 Å². The molecule has 5 aromatic rings. The highest BCUT2D eigenvalue weighted by molar-refractivity contribution is 7.93. The average molecular weight is 600 g/mol. The number of nitrogen functional groups attached to an aromatic ring is 1. The molecule has 0 radical (unpaired) electrons. The number of benzene rings is 3. The van der Waals surface area contributed by atoms with E-state index in [9.17, 15) is 26.4 Å². The number of nitrogens with one attached hydrogen (secondary N) is 2. The third-order valence-electron chi connectivity index (χ3n) is 6.78. The Labute approximate surface area is 236 Å². The average Bonchev–Trinajstić information content (AvgIpc) is 3.62. The summed E-state index contributed by atoms with van der Waals surface area (Å²) < 4.78 is 90.5. The standard InChI is InChI=1S/C28H21F4N5O4S/c1-13-6-16(41-25-9-15(29)2-5-19(25)30)10-21(32)26(13)37-28(33)18(12-34-37)27(38)24-8-14-7-20(31)23(11-22(14)35-24)36-42(39,40)17-3-4-17/h2,5-12,17,35-36H,3-4,33H2,1H3. The topological polar surface area (TPSA) is 132 Å². The monoisotopic (exact) mass is 599 g/mol. The molecule has 0 aliphatic heterocycles. The van der Waals surface area contributed by atoms with Crippen molar-refractivity contribution in [3.05, 3.63) is 94.8 Å². The first-order chi connectivity index (χ1) is 19.9. The van der Waals surface area contributed by atoms with Crippen LogP contribution in [-0.2, 0) is 10.0 Å². The van der Waals surface area contributed by atoms with Crippen molar-refractivity contribution in [3.8, 4) is 17.2 Å². The Morgan fingerprint density at radius 2 is 1.81 bits per heavy atom.